The molecule has 2 heterocycles. The summed E-state index contributed by atoms with van der Waals surface area (Å²) < 4.78 is 1.90. The van der Waals surface area contributed by atoms with E-state index in [1.807, 2.05) is 11.7 Å². The molecule has 90 valence electrons. The van der Waals surface area contributed by atoms with Gasteiger partial charge in [-0.2, -0.15) is 5.10 Å². The molecular formula is C12H22N4. The van der Waals surface area contributed by atoms with Crippen molar-refractivity contribution in [2.45, 2.75) is 32.7 Å². The Kier molecular flexibility index (Phi) is 2.93. The SMILES string of the molecule is Cc1nn(C)cc1N1CCCNC(C)(C)C1. The molecule has 0 aromatic carbocycles. The number of nitrogens with zero attached hydrogens (tertiary/aromatic N) is 3. The molecule has 4 nitrogen and oxygen atoms in total. The molecule has 1 fully saturated rings. The molecule has 4 heteroatoms. The zero-order chi connectivity index (χ0) is 11.8. The second-order valence-electron chi connectivity index (χ2n) is 5.36. The van der Waals surface area contributed by atoms with E-state index in [1.54, 1.807) is 0 Å². The number of aryl methyl sites for hydroxylation is 2. The maximum atomic E-state index is 4.42. The van der Waals surface area contributed by atoms with Crippen molar-refractivity contribution in [1.29, 1.82) is 0 Å². The highest BCUT2D eigenvalue weighted by molar-refractivity contribution is 5.49. The summed E-state index contributed by atoms with van der Waals surface area (Å²) in [4.78, 5) is 2.45. The molecule has 1 saturated heterocycles. The van der Waals surface area contributed by atoms with Crippen LogP contribution in [0.4, 0.5) is 5.69 Å². The summed E-state index contributed by atoms with van der Waals surface area (Å²) in [5.41, 5.74) is 2.58. The van der Waals surface area contributed by atoms with Gasteiger partial charge in [-0.3, -0.25) is 4.68 Å². The number of anilines is 1. The van der Waals surface area contributed by atoms with Gasteiger partial charge in [-0.1, -0.05) is 0 Å². The van der Waals surface area contributed by atoms with Crippen molar-refractivity contribution in [3.8, 4) is 0 Å². The Morgan fingerprint density at radius 1 is 1.44 bits per heavy atom. The molecule has 16 heavy (non-hydrogen) atoms. The summed E-state index contributed by atoms with van der Waals surface area (Å²) in [6.07, 6.45) is 3.31. The second-order valence-corrected chi connectivity index (χ2v) is 5.36. The summed E-state index contributed by atoms with van der Waals surface area (Å²) in [7, 11) is 1.98. The molecule has 0 saturated carbocycles. The Labute approximate surface area is 97.6 Å². The van der Waals surface area contributed by atoms with E-state index in [4.69, 9.17) is 0 Å². The van der Waals surface area contributed by atoms with Gasteiger partial charge in [-0.15, -0.1) is 0 Å². The van der Waals surface area contributed by atoms with Gasteiger partial charge in [-0.25, -0.2) is 0 Å². The number of aromatic nitrogens is 2. The maximum absolute atomic E-state index is 4.42. The molecule has 0 unspecified atom stereocenters. The summed E-state index contributed by atoms with van der Waals surface area (Å²) in [6, 6.07) is 0. The van der Waals surface area contributed by atoms with Crippen LogP contribution >= 0.6 is 0 Å². The van der Waals surface area contributed by atoms with Crippen LogP contribution in [-0.4, -0.2) is 35.0 Å². The number of rotatable bonds is 1. The monoisotopic (exact) mass is 222 g/mol. The first-order valence-electron chi connectivity index (χ1n) is 5.98. The van der Waals surface area contributed by atoms with Crippen LogP contribution in [0.3, 0.4) is 0 Å². The average molecular weight is 222 g/mol. The van der Waals surface area contributed by atoms with Gasteiger partial charge < -0.3 is 10.2 Å². The van der Waals surface area contributed by atoms with E-state index in [2.05, 4.69) is 42.3 Å². The van der Waals surface area contributed by atoms with Gasteiger partial charge in [0.2, 0.25) is 0 Å². The van der Waals surface area contributed by atoms with Crippen molar-refractivity contribution in [3.63, 3.8) is 0 Å². The number of nitrogens with one attached hydrogen (secondary N) is 1. The third-order valence-electron chi connectivity index (χ3n) is 3.12. The van der Waals surface area contributed by atoms with Crippen LogP contribution < -0.4 is 10.2 Å². The number of hydrogen-bond donors (Lipinski definition) is 1. The van der Waals surface area contributed by atoms with E-state index in [9.17, 15) is 0 Å². The predicted octanol–water partition coefficient (Wildman–Crippen LogP) is 1.31. The molecule has 0 radical (unpaired) electrons. The van der Waals surface area contributed by atoms with E-state index in [0.717, 1.165) is 25.3 Å². The van der Waals surface area contributed by atoms with Crippen molar-refractivity contribution in [2.75, 3.05) is 24.5 Å². The summed E-state index contributed by atoms with van der Waals surface area (Å²) in [6.45, 7) is 9.86. The Morgan fingerprint density at radius 2 is 2.19 bits per heavy atom. The average Bonchev–Trinajstić information content (AvgIpc) is 2.40. The van der Waals surface area contributed by atoms with Crippen LogP contribution in [-0.2, 0) is 7.05 Å². The lowest BCUT2D eigenvalue weighted by Crippen LogP contribution is -2.46. The molecule has 0 aliphatic carbocycles. The lowest BCUT2D eigenvalue weighted by molar-refractivity contribution is 0.416. The fourth-order valence-electron chi connectivity index (χ4n) is 2.41. The Morgan fingerprint density at radius 3 is 2.81 bits per heavy atom. The van der Waals surface area contributed by atoms with Crippen molar-refractivity contribution in [1.82, 2.24) is 15.1 Å². The summed E-state index contributed by atoms with van der Waals surface area (Å²) in [5, 5.41) is 8.00. The Balaban J connectivity index is 2.22. The minimum atomic E-state index is 0.179. The van der Waals surface area contributed by atoms with E-state index < -0.39 is 0 Å². The van der Waals surface area contributed by atoms with Crippen molar-refractivity contribution >= 4 is 5.69 Å². The zero-order valence-electron chi connectivity index (χ0n) is 10.7. The molecule has 0 spiro atoms. The second kappa shape index (κ2) is 4.09. The normalized spacial score (nSPS) is 20.9. The Bertz CT molecular complexity index is 367. The molecule has 0 amide bonds. The minimum Gasteiger partial charge on any atom is -0.367 e. The third kappa shape index (κ3) is 2.38. The largest absolute Gasteiger partial charge is 0.367 e. The smallest absolute Gasteiger partial charge is 0.0827 e. The van der Waals surface area contributed by atoms with Crippen LogP contribution in [0.2, 0.25) is 0 Å². The van der Waals surface area contributed by atoms with Gasteiger partial charge in [0, 0.05) is 31.9 Å². The van der Waals surface area contributed by atoms with Crippen LogP contribution in [0, 0.1) is 6.92 Å². The Hall–Kier alpha value is -1.03. The topological polar surface area (TPSA) is 33.1 Å². The first-order chi connectivity index (χ1) is 7.48. The van der Waals surface area contributed by atoms with Crippen LogP contribution in [0.25, 0.3) is 0 Å². The fourth-order valence-corrected chi connectivity index (χ4v) is 2.41. The van der Waals surface area contributed by atoms with Gasteiger partial charge in [0.1, 0.15) is 0 Å². The quantitative estimate of drug-likeness (QED) is 0.777. The molecule has 1 aromatic heterocycles. The van der Waals surface area contributed by atoms with E-state index >= 15 is 0 Å². The molecule has 1 aromatic rings. The van der Waals surface area contributed by atoms with Crippen molar-refractivity contribution in [3.05, 3.63) is 11.9 Å². The number of hydrogen-bond acceptors (Lipinski definition) is 3. The van der Waals surface area contributed by atoms with Gasteiger partial charge >= 0.3 is 0 Å². The van der Waals surface area contributed by atoms with Gasteiger partial charge in [-0.05, 0) is 33.7 Å². The molecule has 0 atom stereocenters. The molecular weight excluding hydrogens is 200 g/mol. The lowest BCUT2D eigenvalue weighted by atomic mass is 10.1. The standard InChI is InChI=1S/C12H22N4/c1-10-11(8-15(4)14-10)16-7-5-6-13-12(2,3)9-16/h8,13H,5-7,9H2,1-4H3. The summed E-state index contributed by atoms with van der Waals surface area (Å²) in [5.74, 6) is 0. The van der Waals surface area contributed by atoms with E-state index in [0.29, 0.717) is 0 Å². The van der Waals surface area contributed by atoms with Crippen LogP contribution in [0.15, 0.2) is 6.20 Å². The molecule has 1 aliphatic rings. The van der Waals surface area contributed by atoms with E-state index in [1.165, 1.54) is 12.1 Å². The lowest BCUT2D eigenvalue weighted by Gasteiger charge is -2.31. The van der Waals surface area contributed by atoms with Crippen LogP contribution in [0.1, 0.15) is 26.0 Å². The van der Waals surface area contributed by atoms with Gasteiger partial charge in [0.25, 0.3) is 0 Å². The van der Waals surface area contributed by atoms with Crippen LogP contribution in [0.5, 0.6) is 0 Å². The van der Waals surface area contributed by atoms with E-state index in [-0.39, 0.29) is 5.54 Å². The van der Waals surface area contributed by atoms with Crippen molar-refractivity contribution < 1.29 is 0 Å². The van der Waals surface area contributed by atoms with Gasteiger partial charge in [0.15, 0.2) is 0 Å². The van der Waals surface area contributed by atoms with Gasteiger partial charge in [0.05, 0.1) is 11.4 Å². The summed E-state index contributed by atoms with van der Waals surface area (Å²) >= 11 is 0. The first kappa shape index (κ1) is 11.5. The maximum Gasteiger partial charge on any atom is 0.0827 e. The molecule has 0 bridgehead atoms. The molecule has 1 aliphatic heterocycles. The fraction of sp³-hybridized carbons (Fsp3) is 0.750. The first-order valence-corrected chi connectivity index (χ1v) is 5.98. The highest BCUT2D eigenvalue weighted by Crippen LogP contribution is 2.22. The molecule has 2 rings (SSSR count). The minimum absolute atomic E-state index is 0.179. The van der Waals surface area contributed by atoms with Crippen molar-refractivity contribution in [2.24, 2.45) is 7.05 Å². The highest BCUT2D eigenvalue weighted by atomic mass is 15.3. The third-order valence-corrected chi connectivity index (χ3v) is 3.12. The highest BCUT2D eigenvalue weighted by Gasteiger charge is 2.25. The zero-order valence-corrected chi connectivity index (χ0v) is 10.7. The predicted molar refractivity (Wildman–Crippen MR) is 66.9 cm³/mol. The molecule has 1 N–H and O–H groups in total.